The summed E-state index contributed by atoms with van der Waals surface area (Å²) in [6.07, 6.45) is 3.51. The van der Waals surface area contributed by atoms with E-state index in [0.717, 1.165) is 43.7 Å². The van der Waals surface area contributed by atoms with Crippen LogP contribution in [0.2, 0.25) is 0 Å². The van der Waals surface area contributed by atoms with E-state index in [1.54, 1.807) is 6.20 Å². The first-order chi connectivity index (χ1) is 11.6. The molecule has 0 amide bonds. The van der Waals surface area contributed by atoms with Gasteiger partial charge < -0.3 is 4.90 Å². The van der Waals surface area contributed by atoms with Gasteiger partial charge in [0.2, 0.25) is 5.95 Å². The Morgan fingerprint density at radius 2 is 1.83 bits per heavy atom. The Hall–Kier alpha value is -2.05. The van der Waals surface area contributed by atoms with Gasteiger partial charge >= 0.3 is 0 Å². The van der Waals surface area contributed by atoms with E-state index in [2.05, 4.69) is 15.1 Å². The summed E-state index contributed by atoms with van der Waals surface area (Å²) in [4.78, 5) is 10.7. The van der Waals surface area contributed by atoms with Gasteiger partial charge in [-0.05, 0) is 32.8 Å². The van der Waals surface area contributed by atoms with Crippen LogP contribution in [0.3, 0.4) is 0 Å². The zero-order valence-corrected chi connectivity index (χ0v) is 14.2. The molecule has 0 aliphatic carbocycles. The van der Waals surface area contributed by atoms with Gasteiger partial charge in [-0.25, -0.2) is 18.7 Å². The second-order valence-electron chi connectivity index (χ2n) is 6.14. The second kappa shape index (κ2) is 7.23. The number of rotatable bonds is 4. The maximum Gasteiger partial charge on any atom is 0.280 e. The molecule has 130 valence electrons. The van der Waals surface area contributed by atoms with Crippen molar-refractivity contribution in [3.8, 4) is 11.3 Å². The van der Waals surface area contributed by atoms with E-state index in [9.17, 15) is 8.78 Å². The summed E-state index contributed by atoms with van der Waals surface area (Å²) in [7, 11) is 0. The largest absolute Gasteiger partial charge is 0.341 e. The van der Waals surface area contributed by atoms with Crippen LogP contribution in [0.1, 0.15) is 50.4 Å². The summed E-state index contributed by atoms with van der Waals surface area (Å²) in [6, 6.07) is 1.38. The van der Waals surface area contributed by atoms with Crippen molar-refractivity contribution in [2.24, 2.45) is 0 Å². The van der Waals surface area contributed by atoms with E-state index in [1.165, 1.54) is 18.9 Å². The Bertz CT molecular complexity index is 690. The first-order valence-corrected chi connectivity index (χ1v) is 8.55. The predicted molar refractivity (Wildman–Crippen MR) is 89.3 cm³/mol. The fraction of sp³-hybridized carbons (Fsp3) is 0.588. The van der Waals surface area contributed by atoms with Crippen molar-refractivity contribution in [2.45, 2.75) is 52.5 Å². The van der Waals surface area contributed by atoms with Crippen LogP contribution in [-0.2, 0) is 6.54 Å². The standard InChI is InChI=1S/C17H23F2N5/c1-3-24-12(2)13(11-20-24)14-10-15(16(18)19)22-17(21-14)23-8-6-4-5-7-9-23/h10-11,16H,3-9H2,1-2H3. The highest BCUT2D eigenvalue weighted by Gasteiger charge is 2.20. The molecule has 1 aliphatic heterocycles. The van der Waals surface area contributed by atoms with E-state index in [1.807, 2.05) is 23.4 Å². The maximum absolute atomic E-state index is 13.3. The van der Waals surface area contributed by atoms with Gasteiger partial charge in [0.1, 0.15) is 5.69 Å². The SMILES string of the molecule is CCn1ncc(-c2cc(C(F)F)nc(N3CCCCCC3)n2)c1C. The van der Waals surface area contributed by atoms with Crippen molar-refractivity contribution in [3.63, 3.8) is 0 Å². The van der Waals surface area contributed by atoms with E-state index in [-0.39, 0.29) is 5.69 Å². The number of aryl methyl sites for hydroxylation is 1. The normalized spacial score (nSPS) is 15.8. The quantitative estimate of drug-likeness (QED) is 0.848. The molecule has 2 aromatic heterocycles. The van der Waals surface area contributed by atoms with Crippen LogP contribution in [0.25, 0.3) is 11.3 Å². The molecule has 0 saturated carbocycles. The van der Waals surface area contributed by atoms with Crippen LogP contribution >= 0.6 is 0 Å². The number of alkyl halides is 2. The molecule has 0 aromatic carbocycles. The van der Waals surface area contributed by atoms with Gasteiger partial charge in [-0.15, -0.1) is 0 Å². The minimum atomic E-state index is -2.61. The van der Waals surface area contributed by atoms with Gasteiger partial charge in [0.25, 0.3) is 6.43 Å². The van der Waals surface area contributed by atoms with Gasteiger partial charge in [0, 0.05) is 30.9 Å². The van der Waals surface area contributed by atoms with E-state index < -0.39 is 6.43 Å². The first kappa shape index (κ1) is 16.8. The zero-order valence-electron chi connectivity index (χ0n) is 14.2. The molecule has 0 N–H and O–H groups in total. The summed E-state index contributed by atoms with van der Waals surface area (Å²) in [5.74, 6) is 0.411. The summed E-state index contributed by atoms with van der Waals surface area (Å²) in [6.45, 7) is 6.30. The third-order valence-electron chi connectivity index (χ3n) is 4.53. The lowest BCUT2D eigenvalue weighted by molar-refractivity contribution is 0.146. The van der Waals surface area contributed by atoms with Crippen LogP contribution in [0.15, 0.2) is 12.3 Å². The lowest BCUT2D eigenvalue weighted by Crippen LogP contribution is -2.26. The highest BCUT2D eigenvalue weighted by Crippen LogP contribution is 2.28. The van der Waals surface area contributed by atoms with Crippen molar-refractivity contribution >= 4 is 5.95 Å². The van der Waals surface area contributed by atoms with Gasteiger partial charge in [-0.2, -0.15) is 5.10 Å². The van der Waals surface area contributed by atoms with Gasteiger partial charge in [-0.3, -0.25) is 4.68 Å². The summed E-state index contributed by atoms with van der Waals surface area (Å²) in [5.41, 5.74) is 2.02. The summed E-state index contributed by atoms with van der Waals surface area (Å²) >= 11 is 0. The number of aromatic nitrogens is 4. The van der Waals surface area contributed by atoms with Crippen molar-refractivity contribution in [1.29, 1.82) is 0 Å². The third kappa shape index (κ3) is 3.39. The molecule has 0 spiro atoms. The molecule has 0 atom stereocenters. The number of hydrogen-bond acceptors (Lipinski definition) is 4. The van der Waals surface area contributed by atoms with Gasteiger partial charge in [-0.1, -0.05) is 12.8 Å². The van der Waals surface area contributed by atoms with Gasteiger partial charge in [0.15, 0.2) is 0 Å². The van der Waals surface area contributed by atoms with E-state index >= 15 is 0 Å². The maximum atomic E-state index is 13.3. The molecule has 0 radical (unpaired) electrons. The van der Waals surface area contributed by atoms with Crippen molar-refractivity contribution < 1.29 is 8.78 Å². The average Bonchev–Trinajstić information content (AvgIpc) is 2.78. The summed E-state index contributed by atoms with van der Waals surface area (Å²) < 4.78 is 28.5. The molecule has 3 rings (SSSR count). The molecule has 7 heteroatoms. The van der Waals surface area contributed by atoms with Crippen molar-refractivity contribution in [2.75, 3.05) is 18.0 Å². The molecular weight excluding hydrogens is 312 g/mol. The summed E-state index contributed by atoms with van der Waals surface area (Å²) in [5, 5.41) is 4.30. The van der Waals surface area contributed by atoms with E-state index in [0.29, 0.717) is 11.6 Å². The molecule has 1 saturated heterocycles. The first-order valence-electron chi connectivity index (χ1n) is 8.55. The molecule has 1 fully saturated rings. The molecule has 2 aromatic rings. The minimum Gasteiger partial charge on any atom is -0.341 e. The Labute approximate surface area is 140 Å². The molecule has 1 aliphatic rings. The zero-order chi connectivity index (χ0) is 17.1. The smallest absolute Gasteiger partial charge is 0.280 e. The molecule has 0 bridgehead atoms. The van der Waals surface area contributed by atoms with Crippen LogP contribution in [0.5, 0.6) is 0 Å². The van der Waals surface area contributed by atoms with Crippen LogP contribution in [-0.4, -0.2) is 32.8 Å². The monoisotopic (exact) mass is 335 g/mol. The Morgan fingerprint density at radius 1 is 1.12 bits per heavy atom. The minimum absolute atomic E-state index is 0.220. The fourth-order valence-electron chi connectivity index (χ4n) is 3.13. The Balaban J connectivity index is 2.03. The Kier molecular flexibility index (Phi) is 5.06. The number of nitrogens with zero attached hydrogens (tertiary/aromatic N) is 5. The lowest BCUT2D eigenvalue weighted by Gasteiger charge is -2.21. The van der Waals surface area contributed by atoms with E-state index in [4.69, 9.17) is 0 Å². The van der Waals surface area contributed by atoms with Crippen LogP contribution < -0.4 is 4.90 Å². The number of anilines is 1. The fourth-order valence-corrected chi connectivity index (χ4v) is 3.13. The topological polar surface area (TPSA) is 46.8 Å². The number of hydrogen-bond donors (Lipinski definition) is 0. The molecule has 5 nitrogen and oxygen atoms in total. The van der Waals surface area contributed by atoms with Crippen LogP contribution in [0.4, 0.5) is 14.7 Å². The Morgan fingerprint density at radius 3 is 2.42 bits per heavy atom. The second-order valence-corrected chi connectivity index (χ2v) is 6.14. The van der Waals surface area contributed by atoms with Crippen LogP contribution in [0, 0.1) is 6.92 Å². The molecular formula is C17H23F2N5. The van der Waals surface area contributed by atoms with Crippen molar-refractivity contribution in [3.05, 3.63) is 23.7 Å². The molecule has 24 heavy (non-hydrogen) atoms. The highest BCUT2D eigenvalue weighted by atomic mass is 19.3. The lowest BCUT2D eigenvalue weighted by atomic mass is 10.1. The van der Waals surface area contributed by atoms with Gasteiger partial charge in [0.05, 0.1) is 11.9 Å². The highest BCUT2D eigenvalue weighted by molar-refractivity contribution is 5.63. The number of halogens is 2. The van der Waals surface area contributed by atoms with Crippen molar-refractivity contribution in [1.82, 2.24) is 19.7 Å². The molecule has 0 unspecified atom stereocenters. The third-order valence-corrected chi connectivity index (χ3v) is 4.53. The molecule has 3 heterocycles. The average molecular weight is 335 g/mol. The predicted octanol–water partition coefficient (Wildman–Crippen LogP) is 3.99.